The van der Waals surface area contributed by atoms with E-state index in [4.69, 9.17) is 11.5 Å². The van der Waals surface area contributed by atoms with Gasteiger partial charge in [0.25, 0.3) is 0 Å². The molecule has 194 valence electrons. The van der Waals surface area contributed by atoms with E-state index in [1.54, 1.807) is 14.0 Å². The zero-order chi connectivity index (χ0) is 26.5. The summed E-state index contributed by atoms with van der Waals surface area (Å²) < 4.78 is 28.4. The lowest BCUT2D eigenvalue weighted by molar-refractivity contribution is -0.121. The van der Waals surface area contributed by atoms with Crippen molar-refractivity contribution in [3.63, 3.8) is 0 Å². The second kappa shape index (κ2) is 11.5. The molecule has 0 saturated carbocycles. The first-order valence-corrected chi connectivity index (χ1v) is 13.0. The van der Waals surface area contributed by atoms with Gasteiger partial charge in [-0.05, 0) is 42.5 Å². The molecule has 36 heavy (non-hydrogen) atoms. The zero-order valence-electron chi connectivity index (χ0n) is 20.4. The van der Waals surface area contributed by atoms with Crippen molar-refractivity contribution in [2.75, 3.05) is 36.9 Å². The number of rotatable bonds is 11. The van der Waals surface area contributed by atoms with Gasteiger partial charge in [-0.1, -0.05) is 18.2 Å². The number of hydrogen-bond acceptors (Lipinski definition) is 7. The standard InChI is InChI=1S/C24H32N6O5S/c1-16-10-20(36(34,35)30-14-17(11-21(25)31)18(15-30)12-22(26)32)24(28-13-16)27-9-8-23(33)29(2)19-6-4-3-5-7-19/h3-7,10,13,17-18H,8-9,11-12,14-15H2,1-2H3,(H2,25,31)(H2,26,32)(H,27,28)/t17-,18-/m1/s1. The molecule has 0 spiro atoms. The maximum absolute atomic E-state index is 13.6. The lowest BCUT2D eigenvalue weighted by Crippen LogP contribution is -2.31. The van der Waals surface area contributed by atoms with Crippen LogP contribution in [-0.2, 0) is 24.4 Å². The number of nitrogens with two attached hydrogens (primary N) is 2. The number of amides is 3. The van der Waals surface area contributed by atoms with Crippen LogP contribution in [0, 0.1) is 18.8 Å². The van der Waals surface area contributed by atoms with Gasteiger partial charge in [0.05, 0.1) is 0 Å². The smallest absolute Gasteiger partial charge is 0.246 e. The minimum atomic E-state index is -4.03. The number of benzene rings is 1. The lowest BCUT2D eigenvalue weighted by atomic mass is 9.90. The molecule has 3 rings (SSSR count). The van der Waals surface area contributed by atoms with Gasteiger partial charge in [0.2, 0.25) is 27.7 Å². The quantitative estimate of drug-likeness (QED) is 0.397. The molecular weight excluding hydrogens is 484 g/mol. The van der Waals surface area contributed by atoms with Gasteiger partial charge in [-0.2, -0.15) is 4.31 Å². The van der Waals surface area contributed by atoms with E-state index in [0.29, 0.717) is 5.56 Å². The number of anilines is 2. The molecule has 0 radical (unpaired) electrons. The number of pyridine rings is 1. The van der Waals surface area contributed by atoms with Gasteiger partial charge in [-0.25, -0.2) is 13.4 Å². The largest absolute Gasteiger partial charge is 0.370 e. The molecule has 1 aromatic carbocycles. The van der Waals surface area contributed by atoms with Crippen molar-refractivity contribution < 1.29 is 22.8 Å². The number of carbonyl (C=O) groups excluding carboxylic acids is 3. The van der Waals surface area contributed by atoms with Crippen molar-refractivity contribution in [3.05, 3.63) is 48.2 Å². The van der Waals surface area contributed by atoms with Crippen molar-refractivity contribution in [2.45, 2.75) is 31.1 Å². The second-order valence-corrected chi connectivity index (χ2v) is 10.9. The normalized spacial score (nSPS) is 18.1. The Hall–Kier alpha value is -3.51. The number of sulfonamides is 1. The number of nitrogens with zero attached hydrogens (tertiary/aromatic N) is 3. The highest BCUT2D eigenvalue weighted by atomic mass is 32.2. The molecule has 1 aliphatic heterocycles. The molecule has 3 amide bonds. The fraction of sp³-hybridized carbons (Fsp3) is 0.417. The molecule has 0 aliphatic carbocycles. The summed E-state index contributed by atoms with van der Waals surface area (Å²) in [6, 6.07) is 10.7. The monoisotopic (exact) mass is 516 g/mol. The first-order chi connectivity index (χ1) is 17.0. The van der Waals surface area contributed by atoms with E-state index in [2.05, 4.69) is 10.3 Å². The van der Waals surface area contributed by atoms with E-state index < -0.39 is 33.7 Å². The van der Waals surface area contributed by atoms with E-state index in [1.807, 2.05) is 30.3 Å². The Balaban J connectivity index is 1.75. The van der Waals surface area contributed by atoms with E-state index in [9.17, 15) is 22.8 Å². The molecular formula is C24H32N6O5S. The number of carbonyl (C=O) groups is 3. The summed E-state index contributed by atoms with van der Waals surface area (Å²) in [5.74, 6) is -1.99. The Morgan fingerprint density at radius 3 is 2.22 bits per heavy atom. The summed E-state index contributed by atoms with van der Waals surface area (Å²) in [6.07, 6.45) is 1.57. The van der Waals surface area contributed by atoms with Crippen LogP contribution in [0.3, 0.4) is 0 Å². The lowest BCUT2D eigenvalue weighted by Gasteiger charge is -2.20. The topological polar surface area (TPSA) is 169 Å². The van der Waals surface area contributed by atoms with Crippen LogP contribution >= 0.6 is 0 Å². The summed E-state index contributed by atoms with van der Waals surface area (Å²) in [5.41, 5.74) is 12.1. The predicted molar refractivity (Wildman–Crippen MR) is 135 cm³/mol. The molecule has 2 heterocycles. The Kier molecular flexibility index (Phi) is 8.64. The van der Waals surface area contributed by atoms with Gasteiger partial charge in [0, 0.05) is 57.8 Å². The molecule has 2 atom stereocenters. The van der Waals surface area contributed by atoms with Gasteiger partial charge in [-0.15, -0.1) is 0 Å². The van der Waals surface area contributed by atoms with E-state index >= 15 is 0 Å². The van der Waals surface area contributed by atoms with Crippen LogP contribution < -0.4 is 21.7 Å². The fourth-order valence-corrected chi connectivity index (χ4v) is 6.09. The summed E-state index contributed by atoms with van der Waals surface area (Å²) in [6.45, 7) is 1.97. The third kappa shape index (κ3) is 6.58. The van der Waals surface area contributed by atoms with Gasteiger partial charge in [0.15, 0.2) is 0 Å². The first-order valence-electron chi connectivity index (χ1n) is 11.6. The number of aryl methyl sites for hydroxylation is 1. The minimum absolute atomic E-state index is 0.0380. The minimum Gasteiger partial charge on any atom is -0.370 e. The van der Waals surface area contributed by atoms with Gasteiger partial charge < -0.3 is 21.7 Å². The number of hydrogen-bond donors (Lipinski definition) is 3. The van der Waals surface area contributed by atoms with Crippen molar-refractivity contribution >= 4 is 39.3 Å². The van der Waals surface area contributed by atoms with Crippen LogP contribution in [0.4, 0.5) is 11.5 Å². The van der Waals surface area contributed by atoms with Crippen molar-refractivity contribution in [3.8, 4) is 0 Å². The summed E-state index contributed by atoms with van der Waals surface area (Å²) >= 11 is 0. The highest BCUT2D eigenvalue weighted by Crippen LogP contribution is 2.34. The van der Waals surface area contributed by atoms with Crippen molar-refractivity contribution in [1.29, 1.82) is 0 Å². The van der Waals surface area contributed by atoms with Crippen LogP contribution in [0.25, 0.3) is 0 Å². The van der Waals surface area contributed by atoms with Gasteiger partial charge in [0.1, 0.15) is 10.7 Å². The van der Waals surface area contributed by atoms with E-state index in [1.165, 1.54) is 21.5 Å². The van der Waals surface area contributed by atoms with Gasteiger partial charge >= 0.3 is 0 Å². The maximum Gasteiger partial charge on any atom is 0.246 e. The molecule has 1 saturated heterocycles. The highest BCUT2D eigenvalue weighted by Gasteiger charge is 2.41. The molecule has 2 aromatic rings. The highest BCUT2D eigenvalue weighted by molar-refractivity contribution is 7.89. The van der Waals surface area contributed by atoms with Crippen molar-refractivity contribution in [1.82, 2.24) is 9.29 Å². The molecule has 0 bridgehead atoms. The summed E-state index contributed by atoms with van der Waals surface area (Å²) in [4.78, 5) is 41.4. The first kappa shape index (κ1) is 27.1. The van der Waals surface area contributed by atoms with E-state index in [0.717, 1.165) is 5.69 Å². The van der Waals surface area contributed by atoms with Crippen molar-refractivity contribution in [2.24, 2.45) is 23.3 Å². The summed E-state index contributed by atoms with van der Waals surface area (Å²) in [5, 5.41) is 2.98. The average molecular weight is 517 g/mol. The van der Waals surface area contributed by atoms with E-state index in [-0.39, 0.29) is 55.5 Å². The molecule has 0 unspecified atom stereocenters. The number of para-hydroxylation sites is 1. The molecule has 1 fully saturated rings. The maximum atomic E-state index is 13.6. The van der Waals surface area contributed by atoms with Crippen LogP contribution in [-0.4, -0.2) is 62.1 Å². The van der Waals surface area contributed by atoms with Crippen LogP contribution in [0.1, 0.15) is 24.8 Å². The predicted octanol–water partition coefficient (Wildman–Crippen LogP) is 0.843. The Morgan fingerprint density at radius 1 is 1.08 bits per heavy atom. The third-order valence-corrected chi connectivity index (χ3v) is 8.07. The van der Waals surface area contributed by atoms with Crippen LogP contribution in [0.15, 0.2) is 47.5 Å². The number of primary amides is 2. The molecule has 11 nitrogen and oxygen atoms in total. The van der Waals surface area contributed by atoms with Crippen LogP contribution in [0.2, 0.25) is 0 Å². The third-order valence-electron chi connectivity index (χ3n) is 6.23. The zero-order valence-corrected chi connectivity index (χ0v) is 21.2. The Labute approximate surface area is 210 Å². The number of aromatic nitrogens is 1. The average Bonchev–Trinajstić information content (AvgIpc) is 3.21. The molecule has 1 aliphatic rings. The molecule has 5 N–H and O–H groups in total. The summed E-state index contributed by atoms with van der Waals surface area (Å²) in [7, 11) is -2.35. The SMILES string of the molecule is Cc1cnc(NCCC(=O)N(C)c2ccccc2)c(S(=O)(=O)N2C[C@@H](CC(N)=O)[C@H](CC(N)=O)C2)c1. The molecule has 1 aromatic heterocycles. The fourth-order valence-electron chi connectivity index (χ4n) is 4.33. The van der Waals surface area contributed by atoms with Gasteiger partial charge in [-0.3, -0.25) is 14.4 Å². The molecule has 12 heteroatoms. The van der Waals surface area contributed by atoms with Crippen LogP contribution in [0.5, 0.6) is 0 Å². The Morgan fingerprint density at radius 2 is 1.67 bits per heavy atom. The number of nitrogens with one attached hydrogen (secondary N) is 1. The Bertz CT molecular complexity index is 1200. The second-order valence-electron chi connectivity index (χ2n) is 9.01.